The van der Waals surface area contributed by atoms with Crippen molar-refractivity contribution in [2.45, 2.75) is 43.8 Å². The largest absolute Gasteiger partial charge is 0.356 e. The quantitative estimate of drug-likeness (QED) is 0.884. The van der Waals surface area contributed by atoms with Gasteiger partial charge >= 0.3 is 0 Å². The molecule has 0 aromatic carbocycles. The molecule has 0 amide bonds. The monoisotopic (exact) mass is 257 g/mol. The summed E-state index contributed by atoms with van der Waals surface area (Å²) in [5.41, 5.74) is 0.918. The Morgan fingerprint density at radius 3 is 2.84 bits per heavy atom. The van der Waals surface area contributed by atoms with Crippen LogP contribution in [0.15, 0.2) is 24.5 Å². The van der Waals surface area contributed by atoms with Crippen molar-refractivity contribution in [3.05, 3.63) is 24.5 Å². The number of rotatable bonds is 2. The molecule has 19 heavy (non-hydrogen) atoms. The van der Waals surface area contributed by atoms with Gasteiger partial charge in [0.1, 0.15) is 5.82 Å². The van der Waals surface area contributed by atoms with Gasteiger partial charge in [0, 0.05) is 37.4 Å². The molecule has 1 N–H and O–H groups in total. The van der Waals surface area contributed by atoms with E-state index in [0.717, 1.165) is 11.5 Å². The van der Waals surface area contributed by atoms with E-state index in [-0.39, 0.29) is 0 Å². The minimum atomic E-state index is 0.608. The fourth-order valence-corrected chi connectivity index (χ4v) is 3.53. The average molecular weight is 257 g/mol. The molecule has 100 valence electrons. The van der Waals surface area contributed by atoms with E-state index in [0.29, 0.717) is 18.1 Å². The molecular weight excluding hydrogens is 238 g/mol. The maximum absolute atomic E-state index is 4.69. The molecule has 2 aromatic rings. The van der Waals surface area contributed by atoms with Crippen LogP contribution in [0, 0.1) is 0 Å². The average Bonchev–Trinajstić information content (AvgIpc) is 3.03. The number of aromatic nitrogens is 3. The first-order valence-corrected chi connectivity index (χ1v) is 7.09. The van der Waals surface area contributed by atoms with Crippen LogP contribution >= 0.6 is 0 Å². The van der Waals surface area contributed by atoms with E-state index in [4.69, 9.17) is 0 Å². The van der Waals surface area contributed by atoms with Crippen LogP contribution in [0.2, 0.25) is 0 Å². The van der Waals surface area contributed by atoms with Crippen LogP contribution in [0.5, 0.6) is 0 Å². The summed E-state index contributed by atoms with van der Waals surface area (Å²) in [6, 6.07) is 6.04. The molecule has 4 heterocycles. The van der Waals surface area contributed by atoms with Crippen LogP contribution in [-0.4, -0.2) is 39.8 Å². The summed E-state index contributed by atoms with van der Waals surface area (Å²) >= 11 is 0. The van der Waals surface area contributed by atoms with Crippen LogP contribution in [0.1, 0.15) is 25.7 Å². The molecule has 2 bridgehead atoms. The molecule has 5 heteroatoms. The molecule has 5 nitrogen and oxygen atoms in total. The van der Waals surface area contributed by atoms with Crippen LogP contribution < -0.4 is 10.2 Å². The highest BCUT2D eigenvalue weighted by atomic mass is 15.3. The summed E-state index contributed by atoms with van der Waals surface area (Å²) in [4.78, 5) is 7.03. The Balaban J connectivity index is 1.60. The Hall–Kier alpha value is -1.62. The molecule has 0 saturated carbocycles. The number of hydrogen-bond donors (Lipinski definition) is 1. The summed E-state index contributed by atoms with van der Waals surface area (Å²) < 4.78 is 1.81. The highest BCUT2D eigenvalue weighted by Gasteiger charge is 2.35. The third kappa shape index (κ3) is 1.89. The van der Waals surface area contributed by atoms with Gasteiger partial charge < -0.3 is 10.2 Å². The molecule has 2 atom stereocenters. The van der Waals surface area contributed by atoms with Gasteiger partial charge in [-0.25, -0.2) is 9.50 Å². The van der Waals surface area contributed by atoms with Crippen molar-refractivity contribution >= 4 is 11.5 Å². The molecule has 2 saturated heterocycles. The zero-order valence-electron chi connectivity index (χ0n) is 11.2. The molecule has 2 fully saturated rings. The lowest BCUT2D eigenvalue weighted by atomic mass is 9.98. The van der Waals surface area contributed by atoms with E-state index < -0.39 is 0 Å². The predicted molar refractivity (Wildman–Crippen MR) is 74.4 cm³/mol. The second kappa shape index (κ2) is 4.20. The first-order chi connectivity index (χ1) is 9.29. The van der Waals surface area contributed by atoms with Crippen molar-refractivity contribution in [2.24, 2.45) is 0 Å². The number of nitrogens with one attached hydrogen (secondary N) is 1. The second-order valence-corrected chi connectivity index (χ2v) is 5.79. The number of nitrogens with zero attached hydrogens (tertiary/aromatic N) is 4. The first kappa shape index (κ1) is 11.2. The molecule has 2 aromatic heterocycles. The predicted octanol–water partition coefficient (Wildman–Crippen LogP) is 1.45. The summed E-state index contributed by atoms with van der Waals surface area (Å²) in [7, 11) is 2.17. The van der Waals surface area contributed by atoms with Crippen molar-refractivity contribution in [1.82, 2.24) is 19.9 Å². The SMILES string of the molecule is CN(c1ccn2nccc2n1)C1CC2CCC(C1)N2. The maximum Gasteiger partial charge on any atom is 0.157 e. The number of anilines is 1. The molecule has 4 rings (SSSR count). The second-order valence-electron chi connectivity index (χ2n) is 5.79. The van der Waals surface area contributed by atoms with Gasteiger partial charge in [-0.3, -0.25) is 0 Å². The number of fused-ring (bicyclic) bond motifs is 3. The van der Waals surface area contributed by atoms with Crippen molar-refractivity contribution < 1.29 is 0 Å². The molecule has 0 aliphatic carbocycles. The minimum Gasteiger partial charge on any atom is -0.356 e. The summed E-state index contributed by atoms with van der Waals surface area (Å²) in [5, 5.41) is 7.88. The van der Waals surface area contributed by atoms with E-state index >= 15 is 0 Å². The normalized spacial score (nSPS) is 29.8. The van der Waals surface area contributed by atoms with Gasteiger partial charge in [0.25, 0.3) is 0 Å². The van der Waals surface area contributed by atoms with E-state index in [1.54, 1.807) is 6.20 Å². The summed E-state index contributed by atoms with van der Waals surface area (Å²) in [6.07, 6.45) is 8.92. The van der Waals surface area contributed by atoms with Gasteiger partial charge in [0.05, 0.1) is 6.20 Å². The van der Waals surface area contributed by atoms with Gasteiger partial charge in [-0.1, -0.05) is 0 Å². The molecular formula is C14H19N5. The third-order valence-electron chi connectivity index (χ3n) is 4.60. The first-order valence-electron chi connectivity index (χ1n) is 7.09. The number of piperidine rings is 1. The Morgan fingerprint density at radius 1 is 1.26 bits per heavy atom. The summed E-state index contributed by atoms with van der Waals surface area (Å²) in [5.74, 6) is 1.05. The fraction of sp³-hybridized carbons (Fsp3) is 0.571. The minimum absolute atomic E-state index is 0.608. The van der Waals surface area contributed by atoms with Crippen molar-refractivity contribution in [3.8, 4) is 0 Å². The lowest BCUT2D eigenvalue weighted by molar-refractivity contribution is 0.354. The lowest BCUT2D eigenvalue weighted by Gasteiger charge is -2.36. The lowest BCUT2D eigenvalue weighted by Crippen LogP contribution is -2.47. The summed E-state index contributed by atoms with van der Waals surface area (Å²) in [6.45, 7) is 0. The highest BCUT2D eigenvalue weighted by molar-refractivity contribution is 5.47. The fourth-order valence-electron chi connectivity index (χ4n) is 3.53. The van der Waals surface area contributed by atoms with Gasteiger partial charge in [0.2, 0.25) is 0 Å². The third-order valence-corrected chi connectivity index (χ3v) is 4.60. The van der Waals surface area contributed by atoms with Gasteiger partial charge in [-0.15, -0.1) is 0 Å². The Morgan fingerprint density at radius 2 is 2.05 bits per heavy atom. The van der Waals surface area contributed by atoms with Crippen molar-refractivity contribution in [1.29, 1.82) is 0 Å². The molecule has 0 spiro atoms. The van der Waals surface area contributed by atoms with E-state index in [2.05, 4.69) is 33.4 Å². The zero-order valence-corrected chi connectivity index (χ0v) is 11.2. The van der Waals surface area contributed by atoms with E-state index in [9.17, 15) is 0 Å². The van der Waals surface area contributed by atoms with Crippen molar-refractivity contribution in [3.63, 3.8) is 0 Å². The zero-order chi connectivity index (χ0) is 12.8. The van der Waals surface area contributed by atoms with E-state index in [1.165, 1.54) is 25.7 Å². The Bertz CT molecular complexity index is 580. The smallest absolute Gasteiger partial charge is 0.157 e. The highest BCUT2D eigenvalue weighted by Crippen LogP contribution is 2.30. The van der Waals surface area contributed by atoms with E-state index in [1.807, 2.05) is 16.8 Å². The molecule has 0 radical (unpaired) electrons. The van der Waals surface area contributed by atoms with Crippen LogP contribution in [-0.2, 0) is 0 Å². The molecule has 2 aliphatic rings. The van der Waals surface area contributed by atoms with Crippen molar-refractivity contribution in [2.75, 3.05) is 11.9 Å². The Kier molecular flexibility index (Phi) is 2.48. The van der Waals surface area contributed by atoms with Gasteiger partial charge in [-0.05, 0) is 31.7 Å². The molecule has 2 unspecified atom stereocenters. The standard InChI is InChI=1S/C14H19N5/c1-18(12-8-10-2-3-11(9-12)16-10)13-5-7-19-14(17-13)4-6-15-19/h4-7,10-12,16H,2-3,8-9H2,1H3. The maximum atomic E-state index is 4.69. The number of hydrogen-bond acceptors (Lipinski definition) is 4. The Labute approximate surface area is 112 Å². The molecule has 2 aliphatic heterocycles. The topological polar surface area (TPSA) is 45.5 Å². The van der Waals surface area contributed by atoms with Gasteiger partial charge in [-0.2, -0.15) is 5.10 Å². The van der Waals surface area contributed by atoms with Gasteiger partial charge in [0.15, 0.2) is 5.65 Å². The van der Waals surface area contributed by atoms with Crippen LogP contribution in [0.4, 0.5) is 5.82 Å². The van der Waals surface area contributed by atoms with Crippen LogP contribution in [0.25, 0.3) is 5.65 Å². The van der Waals surface area contributed by atoms with Crippen LogP contribution in [0.3, 0.4) is 0 Å².